The van der Waals surface area contributed by atoms with Crippen molar-refractivity contribution in [1.29, 1.82) is 10.5 Å². The van der Waals surface area contributed by atoms with Crippen LogP contribution in [0.25, 0.3) is 43.8 Å². The number of nitrogens with zero attached hydrogens (tertiary/aromatic N) is 9. The van der Waals surface area contributed by atoms with Crippen LogP contribution in [0.5, 0.6) is 0 Å². The lowest BCUT2D eigenvalue weighted by atomic mass is 9.90. The number of amides is 1. The lowest BCUT2D eigenvalue weighted by molar-refractivity contribution is 0.00557. The largest absolute Gasteiger partial charge is 0.444 e. The van der Waals surface area contributed by atoms with Crippen molar-refractivity contribution < 1.29 is 13.9 Å². The molecule has 7 rings (SSSR count). The maximum atomic E-state index is 17.3. The van der Waals surface area contributed by atoms with Gasteiger partial charge >= 0.3 is 6.09 Å². The molecule has 2 fully saturated rings. The van der Waals surface area contributed by atoms with Crippen LogP contribution in [0.3, 0.4) is 0 Å². The monoisotopic (exact) mass is 707 g/mol. The van der Waals surface area contributed by atoms with Crippen molar-refractivity contribution >= 4 is 56.2 Å². The molecule has 11 nitrogen and oxygen atoms in total. The third-order valence-corrected chi connectivity index (χ3v) is 10.6. The van der Waals surface area contributed by atoms with Gasteiger partial charge in [-0.3, -0.25) is 0 Å². The maximum Gasteiger partial charge on any atom is 0.410 e. The Hall–Kier alpha value is -5.04. The van der Waals surface area contributed by atoms with Gasteiger partial charge in [0.25, 0.3) is 0 Å². The highest BCUT2D eigenvalue weighted by molar-refractivity contribution is 6.35. The zero-order chi connectivity index (χ0) is 36.4. The Balaban J connectivity index is 1.41. The van der Waals surface area contributed by atoms with E-state index in [9.17, 15) is 15.3 Å². The summed E-state index contributed by atoms with van der Waals surface area (Å²) in [6, 6.07) is 16.4. The van der Waals surface area contributed by atoms with Crippen LogP contribution in [0.4, 0.5) is 15.0 Å². The summed E-state index contributed by atoms with van der Waals surface area (Å²) in [4.78, 5) is 24.0. The van der Waals surface area contributed by atoms with E-state index in [0.717, 1.165) is 5.39 Å². The van der Waals surface area contributed by atoms with Crippen molar-refractivity contribution in [3.8, 4) is 23.3 Å². The molecule has 51 heavy (non-hydrogen) atoms. The summed E-state index contributed by atoms with van der Waals surface area (Å²) in [6.45, 7) is 9.24. The molecule has 1 amide bonds. The fraction of sp³-hybridized carbons (Fsp3) is 0.421. The molecule has 2 aliphatic rings. The first-order valence-corrected chi connectivity index (χ1v) is 17.4. The number of halogens is 2. The van der Waals surface area contributed by atoms with Crippen molar-refractivity contribution in [2.24, 2.45) is 0 Å². The Bertz CT molecular complexity index is 2290. The molecule has 0 N–H and O–H groups in total. The molecule has 0 aliphatic carbocycles. The van der Waals surface area contributed by atoms with Crippen LogP contribution in [0.2, 0.25) is 5.02 Å². The molecule has 0 saturated carbocycles. The SMILES string of the molecule is CN(C)C1(C)CN(c2nc3c(F)c(-c4cccc5cccc(C#N)c45)c(Cl)cc3c3c2nnn3C2CCN(C(=O)OC(C)(C)C)[C@H](CC#N)C2)C1. The number of ether oxygens (including phenoxy) is 1. The smallest absolute Gasteiger partial charge is 0.410 e. The van der Waals surface area contributed by atoms with Crippen molar-refractivity contribution in [3.05, 3.63) is 58.9 Å². The molecule has 2 aromatic heterocycles. The predicted octanol–water partition coefficient (Wildman–Crippen LogP) is 7.46. The Labute approximate surface area is 300 Å². The number of rotatable bonds is 5. The quantitative estimate of drug-likeness (QED) is 0.183. The van der Waals surface area contributed by atoms with Gasteiger partial charge < -0.3 is 19.4 Å². The molecule has 2 saturated heterocycles. The normalized spacial score (nSPS) is 19.0. The molecule has 0 bridgehead atoms. The van der Waals surface area contributed by atoms with Gasteiger partial charge in [-0.2, -0.15) is 10.5 Å². The van der Waals surface area contributed by atoms with E-state index >= 15 is 4.39 Å². The van der Waals surface area contributed by atoms with Crippen molar-refractivity contribution in [2.45, 2.75) is 70.2 Å². The lowest BCUT2D eigenvalue weighted by Gasteiger charge is -2.52. The third-order valence-electron chi connectivity index (χ3n) is 10.3. The summed E-state index contributed by atoms with van der Waals surface area (Å²) in [7, 11) is 4.07. The number of carbonyl (C=O) groups excluding carboxylic acids is 1. The van der Waals surface area contributed by atoms with Crippen molar-refractivity contribution in [3.63, 3.8) is 0 Å². The molecule has 1 unspecified atom stereocenters. The van der Waals surface area contributed by atoms with Crippen LogP contribution in [0.15, 0.2) is 42.5 Å². The van der Waals surface area contributed by atoms with E-state index in [1.807, 2.05) is 53.1 Å². The second kappa shape index (κ2) is 12.6. The highest BCUT2D eigenvalue weighted by atomic mass is 35.5. The second-order valence-electron chi connectivity index (χ2n) is 15.0. The molecule has 5 aromatic rings. The van der Waals surface area contributed by atoms with Gasteiger partial charge in [0.05, 0.1) is 46.8 Å². The fourth-order valence-corrected chi connectivity index (χ4v) is 7.73. The van der Waals surface area contributed by atoms with Gasteiger partial charge in [0.2, 0.25) is 0 Å². The van der Waals surface area contributed by atoms with E-state index in [1.54, 1.807) is 33.8 Å². The minimum absolute atomic E-state index is 0.113. The molecule has 0 spiro atoms. The van der Waals surface area contributed by atoms with E-state index in [4.69, 9.17) is 21.3 Å². The highest BCUT2D eigenvalue weighted by Gasteiger charge is 2.43. The average Bonchev–Trinajstić information content (AvgIpc) is 3.51. The number of likely N-dealkylation sites (tertiary alicyclic amines) is 1. The molecular formula is C38H39ClFN9O2. The van der Waals surface area contributed by atoms with Crippen LogP contribution < -0.4 is 4.90 Å². The Morgan fingerprint density at radius 3 is 2.55 bits per heavy atom. The third kappa shape index (κ3) is 5.86. The number of fused-ring (bicyclic) bond motifs is 4. The lowest BCUT2D eigenvalue weighted by Crippen LogP contribution is -2.67. The molecule has 3 aromatic carbocycles. The average molecular weight is 708 g/mol. The molecule has 262 valence electrons. The molecular weight excluding hydrogens is 669 g/mol. The second-order valence-corrected chi connectivity index (χ2v) is 15.5. The summed E-state index contributed by atoms with van der Waals surface area (Å²) in [5.74, 6) is -0.0858. The number of carbonyl (C=O) groups is 1. The number of aromatic nitrogens is 4. The summed E-state index contributed by atoms with van der Waals surface area (Å²) < 4.78 is 24.7. The van der Waals surface area contributed by atoms with E-state index < -0.39 is 23.6 Å². The van der Waals surface area contributed by atoms with Gasteiger partial charge in [-0.15, -0.1) is 5.10 Å². The van der Waals surface area contributed by atoms with Crippen molar-refractivity contribution in [1.82, 2.24) is 29.8 Å². The minimum Gasteiger partial charge on any atom is -0.444 e. The van der Waals surface area contributed by atoms with Gasteiger partial charge in [-0.1, -0.05) is 47.1 Å². The topological polar surface area (TPSA) is 127 Å². The first-order valence-electron chi connectivity index (χ1n) is 17.0. The first kappa shape index (κ1) is 34.4. The number of likely N-dealkylation sites (N-methyl/N-ethyl adjacent to an activating group) is 1. The van der Waals surface area contributed by atoms with Gasteiger partial charge in [-0.25, -0.2) is 18.9 Å². The van der Waals surface area contributed by atoms with Crippen LogP contribution in [0.1, 0.15) is 58.6 Å². The number of hydrogen-bond donors (Lipinski definition) is 0. The standard InChI is InChI=1S/C38H39ClFN9O2/c1-37(2,3)51-36(50)48-16-14-25(17-24(48)13-15-41)49-34-27-18-28(39)30(26-12-8-10-22-9-7-11-23(19-42)29(22)26)31(40)32(27)43-35(33(34)44-45-49)47-20-38(4,21-47)46(5)6/h7-12,18,24-25H,13-14,16-17,20-21H2,1-6H3/t24-,25?/m1/s1. The van der Waals surface area contributed by atoms with E-state index in [2.05, 4.69) is 39.2 Å². The van der Waals surface area contributed by atoms with Crippen LogP contribution >= 0.6 is 11.6 Å². The van der Waals surface area contributed by atoms with E-state index in [-0.39, 0.29) is 34.1 Å². The molecule has 4 heterocycles. The van der Waals surface area contributed by atoms with Gasteiger partial charge in [0.15, 0.2) is 17.2 Å². The highest BCUT2D eigenvalue weighted by Crippen LogP contribution is 2.44. The number of pyridine rings is 1. The van der Waals surface area contributed by atoms with Crippen LogP contribution in [-0.2, 0) is 4.74 Å². The maximum absolute atomic E-state index is 17.3. The summed E-state index contributed by atoms with van der Waals surface area (Å²) >= 11 is 7.02. The zero-order valence-electron chi connectivity index (χ0n) is 29.5. The fourth-order valence-electron chi connectivity index (χ4n) is 7.44. The van der Waals surface area contributed by atoms with Crippen molar-refractivity contribution in [2.75, 3.05) is 38.6 Å². The Morgan fingerprint density at radius 1 is 1.16 bits per heavy atom. The molecule has 0 radical (unpaired) electrons. The number of hydrogen-bond acceptors (Lipinski definition) is 9. The number of benzene rings is 3. The molecule has 13 heteroatoms. The molecule has 2 aliphatic heterocycles. The zero-order valence-corrected chi connectivity index (χ0v) is 30.3. The number of anilines is 1. The van der Waals surface area contributed by atoms with E-state index in [0.29, 0.717) is 71.2 Å². The van der Waals surface area contributed by atoms with Gasteiger partial charge in [0, 0.05) is 36.0 Å². The van der Waals surface area contributed by atoms with Gasteiger partial charge in [0.1, 0.15) is 16.6 Å². The number of nitriles is 2. The Kier molecular flexibility index (Phi) is 8.52. The first-order chi connectivity index (χ1) is 24.2. The summed E-state index contributed by atoms with van der Waals surface area (Å²) in [5.41, 5.74) is 1.51. The van der Waals surface area contributed by atoms with Crippen LogP contribution in [-0.4, -0.2) is 86.8 Å². The number of piperidine rings is 1. The summed E-state index contributed by atoms with van der Waals surface area (Å²) in [5, 5.41) is 31.0. The van der Waals surface area contributed by atoms with Crippen LogP contribution in [0, 0.1) is 28.5 Å². The van der Waals surface area contributed by atoms with E-state index in [1.165, 1.54) is 0 Å². The molecule has 2 atom stereocenters. The predicted molar refractivity (Wildman–Crippen MR) is 195 cm³/mol. The van der Waals surface area contributed by atoms with Gasteiger partial charge in [-0.05, 0) is 77.7 Å². The Morgan fingerprint density at radius 2 is 1.88 bits per heavy atom. The summed E-state index contributed by atoms with van der Waals surface area (Å²) in [6.07, 6.45) is 0.598. The minimum atomic E-state index is -0.681.